The van der Waals surface area contributed by atoms with Crippen molar-refractivity contribution in [3.8, 4) is 5.75 Å². The Labute approximate surface area is 115 Å². The molecule has 0 spiro atoms. The molecule has 1 aliphatic carbocycles. The lowest BCUT2D eigenvalue weighted by Gasteiger charge is -2.46. The van der Waals surface area contributed by atoms with Crippen molar-refractivity contribution in [1.82, 2.24) is 0 Å². The number of rotatable bonds is 4. The van der Waals surface area contributed by atoms with E-state index in [-0.39, 0.29) is 23.1 Å². The van der Waals surface area contributed by atoms with Crippen LogP contribution >= 0.6 is 15.9 Å². The van der Waals surface area contributed by atoms with Crippen LogP contribution in [-0.2, 0) is 4.79 Å². The van der Waals surface area contributed by atoms with Crippen molar-refractivity contribution in [2.24, 2.45) is 5.41 Å². The molecular formula is C14H16BrFO2. The monoisotopic (exact) mass is 314 g/mol. The Morgan fingerprint density at radius 2 is 2.11 bits per heavy atom. The van der Waals surface area contributed by atoms with Gasteiger partial charge in [-0.3, -0.25) is 4.79 Å². The van der Waals surface area contributed by atoms with E-state index in [1.54, 1.807) is 6.07 Å². The molecular weight excluding hydrogens is 299 g/mol. The van der Waals surface area contributed by atoms with Crippen LogP contribution < -0.4 is 4.74 Å². The molecule has 0 radical (unpaired) electrons. The molecule has 18 heavy (non-hydrogen) atoms. The predicted molar refractivity (Wildman–Crippen MR) is 71.2 cm³/mol. The highest BCUT2D eigenvalue weighted by atomic mass is 79.9. The summed E-state index contributed by atoms with van der Waals surface area (Å²) in [5.41, 5.74) is -0.353. The zero-order chi connectivity index (χ0) is 13.3. The zero-order valence-electron chi connectivity index (χ0n) is 10.5. The molecule has 4 heteroatoms. The molecule has 0 bridgehead atoms. The van der Waals surface area contributed by atoms with Crippen LogP contribution in [0.25, 0.3) is 0 Å². The van der Waals surface area contributed by atoms with Crippen molar-refractivity contribution in [2.45, 2.75) is 39.2 Å². The van der Waals surface area contributed by atoms with E-state index in [9.17, 15) is 9.18 Å². The molecule has 2 rings (SSSR count). The predicted octanol–water partition coefficient (Wildman–Crippen LogP) is 4.11. The summed E-state index contributed by atoms with van der Waals surface area (Å²) in [5.74, 6) is 0.562. The summed E-state index contributed by atoms with van der Waals surface area (Å²) in [6.45, 7) is 4.02. The van der Waals surface area contributed by atoms with Crippen molar-refractivity contribution in [2.75, 3.05) is 0 Å². The van der Waals surface area contributed by atoms with Gasteiger partial charge in [-0.2, -0.15) is 0 Å². The van der Waals surface area contributed by atoms with E-state index in [4.69, 9.17) is 4.74 Å². The molecule has 1 unspecified atom stereocenters. The fourth-order valence-electron chi connectivity index (χ4n) is 2.59. The number of hydrogen-bond donors (Lipinski definition) is 0. The number of Topliss-reactive ketones (excluding diaryl/α,β-unsaturated/α-hetero) is 1. The Morgan fingerprint density at radius 1 is 1.44 bits per heavy atom. The second-order valence-corrected chi connectivity index (χ2v) is 5.53. The maximum Gasteiger partial charge on any atom is 0.146 e. The molecule has 0 amide bonds. The molecule has 1 aromatic rings. The topological polar surface area (TPSA) is 26.3 Å². The van der Waals surface area contributed by atoms with Crippen molar-refractivity contribution < 1.29 is 13.9 Å². The first-order valence-corrected chi connectivity index (χ1v) is 6.97. The van der Waals surface area contributed by atoms with Crippen molar-refractivity contribution >= 4 is 21.7 Å². The smallest absolute Gasteiger partial charge is 0.146 e. The van der Waals surface area contributed by atoms with Crippen LogP contribution in [0, 0.1) is 11.2 Å². The lowest BCUT2D eigenvalue weighted by atomic mass is 9.61. The molecule has 2 nitrogen and oxygen atoms in total. The first-order valence-electron chi connectivity index (χ1n) is 6.18. The summed E-state index contributed by atoms with van der Waals surface area (Å²) in [6, 6.07) is 4.33. The molecule has 0 heterocycles. The van der Waals surface area contributed by atoms with Gasteiger partial charge in [-0.05, 0) is 47.0 Å². The van der Waals surface area contributed by atoms with Crippen LogP contribution in [0.1, 0.15) is 33.1 Å². The summed E-state index contributed by atoms with van der Waals surface area (Å²) in [5, 5.41) is 0. The number of hydrogen-bond acceptors (Lipinski definition) is 2. The number of ketones is 1. The highest BCUT2D eigenvalue weighted by molar-refractivity contribution is 9.10. The van der Waals surface area contributed by atoms with Crippen LogP contribution in [-0.4, -0.2) is 11.9 Å². The molecule has 1 aromatic carbocycles. The van der Waals surface area contributed by atoms with Gasteiger partial charge in [0.15, 0.2) is 0 Å². The van der Waals surface area contributed by atoms with Crippen molar-refractivity contribution in [3.05, 3.63) is 28.5 Å². The molecule has 1 saturated carbocycles. The molecule has 98 valence electrons. The lowest BCUT2D eigenvalue weighted by Crippen LogP contribution is -2.56. The van der Waals surface area contributed by atoms with Gasteiger partial charge in [0.1, 0.15) is 23.5 Å². The average molecular weight is 315 g/mol. The summed E-state index contributed by atoms with van der Waals surface area (Å²) in [6.07, 6.45) is 1.92. The van der Waals surface area contributed by atoms with Gasteiger partial charge >= 0.3 is 0 Å². The Kier molecular flexibility index (Phi) is 3.76. The van der Waals surface area contributed by atoms with Crippen molar-refractivity contribution in [3.63, 3.8) is 0 Å². The maximum absolute atomic E-state index is 13.0. The minimum atomic E-state index is -0.353. The Morgan fingerprint density at radius 3 is 2.61 bits per heavy atom. The Balaban J connectivity index is 2.17. The van der Waals surface area contributed by atoms with Gasteiger partial charge in [-0.25, -0.2) is 4.39 Å². The second kappa shape index (κ2) is 5.00. The van der Waals surface area contributed by atoms with Crippen LogP contribution in [0.2, 0.25) is 0 Å². The minimum absolute atomic E-state index is 0.0956. The maximum atomic E-state index is 13.0. The molecule has 0 aromatic heterocycles. The fourth-order valence-corrected chi connectivity index (χ4v) is 3.04. The van der Waals surface area contributed by atoms with Gasteiger partial charge in [0.25, 0.3) is 0 Å². The SMILES string of the molecule is CCC1(CC)C(=O)CC1Oc1ccc(F)cc1Br. The normalized spacial score (nSPS) is 21.6. The van der Waals surface area contributed by atoms with E-state index in [0.29, 0.717) is 16.6 Å². The van der Waals surface area contributed by atoms with E-state index in [2.05, 4.69) is 15.9 Å². The Hall–Kier alpha value is -0.900. The Bertz CT molecular complexity index is 469. The van der Waals surface area contributed by atoms with E-state index < -0.39 is 0 Å². The van der Waals surface area contributed by atoms with Crippen molar-refractivity contribution in [1.29, 1.82) is 0 Å². The zero-order valence-corrected chi connectivity index (χ0v) is 12.1. The first-order chi connectivity index (χ1) is 8.53. The number of carbonyl (C=O) groups is 1. The van der Waals surface area contributed by atoms with E-state index in [1.807, 2.05) is 13.8 Å². The number of carbonyl (C=O) groups excluding carboxylic acids is 1. The largest absolute Gasteiger partial charge is 0.488 e. The summed E-state index contributed by atoms with van der Waals surface area (Å²) >= 11 is 3.28. The third-order valence-corrected chi connectivity index (χ3v) is 4.59. The summed E-state index contributed by atoms with van der Waals surface area (Å²) in [4.78, 5) is 11.8. The highest BCUT2D eigenvalue weighted by Crippen LogP contribution is 2.46. The van der Waals surface area contributed by atoms with Crippen LogP contribution in [0.4, 0.5) is 4.39 Å². The summed E-state index contributed by atoms with van der Waals surface area (Å²) < 4.78 is 19.4. The van der Waals surface area contributed by atoms with Gasteiger partial charge in [0, 0.05) is 6.42 Å². The van der Waals surface area contributed by atoms with Crippen LogP contribution in [0.3, 0.4) is 0 Å². The second-order valence-electron chi connectivity index (χ2n) is 4.67. The van der Waals surface area contributed by atoms with E-state index in [0.717, 1.165) is 12.8 Å². The minimum Gasteiger partial charge on any atom is -0.488 e. The van der Waals surface area contributed by atoms with Gasteiger partial charge in [0.2, 0.25) is 0 Å². The average Bonchev–Trinajstić information content (AvgIpc) is 2.33. The molecule has 0 saturated heterocycles. The highest BCUT2D eigenvalue weighted by Gasteiger charge is 2.53. The van der Waals surface area contributed by atoms with Gasteiger partial charge in [-0.1, -0.05) is 13.8 Å². The lowest BCUT2D eigenvalue weighted by molar-refractivity contribution is -0.153. The van der Waals surface area contributed by atoms with E-state index >= 15 is 0 Å². The van der Waals surface area contributed by atoms with E-state index in [1.165, 1.54) is 12.1 Å². The van der Waals surface area contributed by atoms with Crippen LogP contribution in [0.5, 0.6) is 5.75 Å². The standard InChI is InChI=1S/C14H16BrFO2/c1-3-14(4-2)12(17)8-13(14)18-11-6-5-9(16)7-10(11)15/h5-7,13H,3-4,8H2,1-2H3. The van der Waals surface area contributed by atoms with Crippen LogP contribution in [0.15, 0.2) is 22.7 Å². The van der Waals surface area contributed by atoms with Gasteiger partial charge in [0.05, 0.1) is 9.89 Å². The molecule has 1 atom stereocenters. The molecule has 1 fully saturated rings. The molecule has 1 aliphatic rings. The fraction of sp³-hybridized carbons (Fsp3) is 0.500. The molecule has 0 aliphatic heterocycles. The first kappa shape index (κ1) is 13.5. The van der Waals surface area contributed by atoms with Gasteiger partial charge < -0.3 is 4.74 Å². The third-order valence-electron chi connectivity index (χ3n) is 3.97. The van der Waals surface area contributed by atoms with Gasteiger partial charge in [-0.15, -0.1) is 0 Å². The third kappa shape index (κ3) is 2.07. The summed E-state index contributed by atoms with van der Waals surface area (Å²) in [7, 11) is 0. The number of benzene rings is 1. The number of halogens is 2. The number of ether oxygens (including phenoxy) is 1. The quantitative estimate of drug-likeness (QED) is 0.835. The molecule has 0 N–H and O–H groups in total.